The first-order valence-electron chi connectivity index (χ1n) is 13.2. The molecule has 0 aliphatic carbocycles. The molecule has 0 aliphatic rings. The van der Waals surface area contributed by atoms with Gasteiger partial charge in [0.15, 0.2) is 0 Å². The minimum Gasteiger partial charge on any atom is -0.497 e. The lowest BCUT2D eigenvalue weighted by Gasteiger charge is -2.12. The summed E-state index contributed by atoms with van der Waals surface area (Å²) in [6, 6.07) is 35.0. The summed E-state index contributed by atoms with van der Waals surface area (Å²) < 4.78 is 7.06. The second kappa shape index (κ2) is 11.3. The lowest BCUT2D eigenvalue weighted by atomic mass is 10.0. The van der Waals surface area contributed by atoms with Gasteiger partial charge >= 0.3 is 0 Å². The molecule has 41 heavy (non-hydrogen) atoms. The molecule has 0 atom stereocenters. The third kappa shape index (κ3) is 5.63. The molecule has 202 valence electrons. The molecule has 0 bridgehead atoms. The topological polar surface area (TPSA) is 107 Å². The minimum atomic E-state index is -0.182. The second-order valence-corrected chi connectivity index (χ2v) is 9.50. The Balaban J connectivity index is 1.23. The number of hydrogen-bond donors (Lipinski definition) is 3. The quantitative estimate of drug-likeness (QED) is 0.203. The van der Waals surface area contributed by atoms with Crippen molar-refractivity contribution in [2.75, 3.05) is 17.7 Å². The first kappa shape index (κ1) is 25.8. The maximum absolute atomic E-state index is 12.6. The smallest absolute Gasteiger partial charge is 0.255 e. The minimum absolute atomic E-state index is 0.182. The van der Waals surface area contributed by atoms with Crippen LogP contribution in [-0.4, -0.2) is 27.6 Å². The lowest BCUT2D eigenvalue weighted by Crippen LogP contribution is -2.12. The highest BCUT2D eigenvalue weighted by atomic mass is 16.5. The van der Waals surface area contributed by atoms with Crippen LogP contribution in [0.15, 0.2) is 115 Å². The van der Waals surface area contributed by atoms with Crippen molar-refractivity contribution in [1.82, 2.24) is 14.6 Å². The summed E-state index contributed by atoms with van der Waals surface area (Å²) in [7, 11) is 1.66. The molecule has 0 saturated heterocycles. The van der Waals surface area contributed by atoms with E-state index in [1.165, 1.54) is 0 Å². The zero-order chi connectivity index (χ0) is 28.2. The van der Waals surface area contributed by atoms with Gasteiger partial charge in [0.25, 0.3) is 5.91 Å². The number of nitrogens with zero attached hydrogens (tertiary/aromatic N) is 3. The molecule has 0 unspecified atom stereocenters. The Morgan fingerprint density at radius 3 is 2.29 bits per heavy atom. The van der Waals surface area contributed by atoms with Gasteiger partial charge in [-0.05, 0) is 83.4 Å². The summed E-state index contributed by atoms with van der Waals surface area (Å²) in [6.45, 7) is 0.440. The Hall–Kier alpha value is -5.47. The van der Waals surface area contributed by atoms with E-state index in [1.807, 2.05) is 84.9 Å². The van der Waals surface area contributed by atoms with Gasteiger partial charge in [0.1, 0.15) is 5.75 Å². The van der Waals surface area contributed by atoms with Crippen molar-refractivity contribution in [2.45, 2.75) is 6.54 Å². The van der Waals surface area contributed by atoms with Crippen LogP contribution in [0.5, 0.6) is 5.75 Å². The highest BCUT2D eigenvalue weighted by molar-refractivity contribution is 6.04. The van der Waals surface area contributed by atoms with Gasteiger partial charge in [-0.2, -0.15) is 5.10 Å². The molecule has 0 aliphatic heterocycles. The molecule has 8 nitrogen and oxygen atoms in total. The van der Waals surface area contributed by atoms with Crippen LogP contribution >= 0.6 is 0 Å². The fourth-order valence-electron chi connectivity index (χ4n) is 4.57. The summed E-state index contributed by atoms with van der Waals surface area (Å²) in [5, 5.41) is 10.8. The number of carbonyl (C=O) groups is 1. The third-order valence-corrected chi connectivity index (χ3v) is 6.82. The number of ether oxygens (including phenoxy) is 1. The zero-order valence-electron chi connectivity index (χ0n) is 22.4. The van der Waals surface area contributed by atoms with E-state index in [9.17, 15) is 4.79 Å². The maximum Gasteiger partial charge on any atom is 0.255 e. The van der Waals surface area contributed by atoms with E-state index < -0.39 is 0 Å². The fraction of sp³-hybridized carbons (Fsp3) is 0.0606. The largest absolute Gasteiger partial charge is 0.497 e. The molecule has 4 N–H and O–H groups in total. The normalized spacial score (nSPS) is 10.9. The summed E-state index contributed by atoms with van der Waals surface area (Å²) in [4.78, 5) is 17.6. The van der Waals surface area contributed by atoms with E-state index in [0.717, 1.165) is 44.9 Å². The van der Waals surface area contributed by atoms with Crippen LogP contribution in [0.4, 0.5) is 17.3 Å². The standard InChI is InChI=1S/C33H28N6O2/c1-41-30-15-9-23(10-16-30)25-3-2-4-26(19-25)31-20-29-17-18-35-39(29)33(38-31)37-28-13-11-27(12-14-28)36-32(40)24-7-5-22(21-34)6-8-24/h2-20H,21,34H2,1H3,(H,36,40)(H,37,38). The number of rotatable bonds is 8. The number of aromatic nitrogens is 3. The predicted octanol–water partition coefficient (Wildman–Crippen LogP) is 6.53. The number of nitrogens with two attached hydrogens (primary N) is 1. The summed E-state index contributed by atoms with van der Waals surface area (Å²) in [5.41, 5.74) is 13.6. The molecule has 2 heterocycles. The lowest BCUT2D eigenvalue weighted by molar-refractivity contribution is 0.102. The molecule has 0 saturated carbocycles. The van der Waals surface area contributed by atoms with Crippen LogP contribution in [0, 0.1) is 0 Å². The van der Waals surface area contributed by atoms with Crippen molar-refractivity contribution in [3.8, 4) is 28.1 Å². The molecule has 0 spiro atoms. The van der Waals surface area contributed by atoms with Crippen LogP contribution in [0.25, 0.3) is 27.9 Å². The number of carbonyl (C=O) groups excluding carboxylic acids is 1. The second-order valence-electron chi connectivity index (χ2n) is 9.50. The van der Waals surface area contributed by atoms with Crippen molar-refractivity contribution in [3.05, 3.63) is 127 Å². The first-order chi connectivity index (χ1) is 20.1. The summed E-state index contributed by atoms with van der Waals surface area (Å²) >= 11 is 0. The molecule has 0 radical (unpaired) electrons. The first-order valence-corrected chi connectivity index (χ1v) is 13.2. The van der Waals surface area contributed by atoms with Gasteiger partial charge < -0.3 is 21.1 Å². The van der Waals surface area contributed by atoms with Crippen LogP contribution in [0.1, 0.15) is 15.9 Å². The van der Waals surface area contributed by atoms with Crippen molar-refractivity contribution in [3.63, 3.8) is 0 Å². The predicted molar refractivity (Wildman–Crippen MR) is 162 cm³/mol. The van der Waals surface area contributed by atoms with Crippen LogP contribution in [0.2, 0.25) is 0 Å². The average Bonchev–Trinajstić information content (AvgIpc) is 3.51. The highest BCUT2D eigenvalue weighted by Crippen LogP contribution is 2.29. The van der Waals surface area contributed by atoms with Crippen molar-refractivity contribution in [1.29, 1.82) is 0 Å². The number of hydrogen-bond acceptors (Lipinski definition) is 6. The highest BCUT2D eigenvalue weighted by Gasteiger charge is 2.11. The van der Waals surface area contributed by atoms with E-state index in [4.69, 9.17) is 15.5 Å². The number of amides is 1. The van der Waals surface area contributed by atoms with E-state index >= 15 is 0 Å². The van der Waals surface area contributed by atoms with Crippen molar-refractivity contribution < 1.29 is 9.53 Å². The molecule has 2 aromatic heterocycles. The SMILES string of the molecule is COc1ccc(-c2cccc(-c3cc4ccnn4c(Nc4ccc(NC(=O)c5ccc(CN)cc5)cc4)n3)c2)cc1. The van der Waals surface area contributed by atoms with Gasteiger partial charge in [-0.15, -0.1) is 0 Å². The molecule has 4 aromatic carbocycles. The van der Waals surface area contributed by atoms with E-state index in [1.54, 1.807) is 30.0 Å². The maximum atomic E-state index is 12.6. The molecule has 6 rings (SSSR count). The monoisotopic (exact) mass is 540 g/mol. The van der Waals surface area contributed by atoms with Crippen LogP contribution in [0.3, 0.4) is 0 Å². The van der Waals surface area contributed by atoms with Crippen molar-refractivity contribution in [2.24, 2.45) is 5.73 Å². The van der Waals surface area contributed by atoms with Gasteiger partial charge in [-0.25, -0.2) is 9.50 Å². The van der Waals surface area contributed by atoms with Crippen LogP contribution in [-0.2, 0) is 6.54 Å². The Bertz CT molecular complexity index is 1810. The van der Waals surface area contributed by atoms with Gasteiger partial charge in [-0.3, -0.25) is 4.79 Å². The third-order valence-electron chi connectivity index (χ3n) is 6.82. The Morgan fingerprint density at radius 2 is 1.56 bits per heavy atom. The van der Waals surface area contributed by atoms with Crippen molar-refractivity contribution >= 4 is 28.7 Å². The number of fused-ring (bicyclic) bond motifs is 1. The number of anilines is 3. The summed E-state index contributed by atoms with van der Waals surface area (Å²) in [6.07, 6.45) is 1.75. The Labute approximate surface area is 237 Å². The van der Waals surface area contributed by atoms with Gasteiger partial charge in [0.05, 0.1) is 24.5 Å². The zero-order valence-corrected chi connectivity index (χ0v) is 22.4. The van der Waals surface area contributed by atoms with Gasteiger partial charge in [-0.1, -0.05) is 42.5 Å². The molecule has 0 fully saturated rings. The van der Waals surface area contributed by atoms with Crippen LogP contribution < -0.4 is 21.1 Å². The van der Waals surface area contributed by atoms with E-state index in [-0.39, 0.29) is 5.91 Å². The molecular weight excluding hydrogens is 512 g/mol. The number of benzene rings is 4. The molecule has 8 heteroatoms. The molecule has 1 amide bonds. The van der Waals surface area contributed by atoms with E-state index in [0.29, 0.717) is 23.7 Å². The number of methoxy groups -OCH3 is 1. The Morgan fingerprint density at radius 1 is 0.829 bits per heavy atom. The Kier molecular flexibility index (Phi) is 7.13. The molecule has 6 aromatic rings. The van der Waals surface area contributed by atoms with Gasteiger partial charge in [0.2, 0.25) is 5.95 Å². The van der Waals surface area contributed by atoms with E-state index in [2.05, 4.69) is 27.9 Å². The fourth-order valence-corrected chi connectivity index (χ4v) is 4.57. The molecular formula is C33H28N6O2. The number of nitrogens with one attached hydrogen (secondary N) is 2. The van der Waals surface area contributed by atoms with Gasteiger partial charge in [0, 0.05) is 29.0 Å². The summed E-state index contributed by atoms with van der Waals surface area (Å²) in [5.74, 6) is 1.22. The average molecular weight is 541 g/mol.